The lowest BCUT2D eigenvalue weighted by Crippen LogP contribution is -2.31. The molecule has 1 atom stereocenters. The molecule has 0 bridgehead atoms. The molecular weight excluding hydrogens is 590 g/mol. The highest BCUT2D eigenvalue weighted by molar-refractivity contribution is 7.90. The molecule has 1 saturated carbocycles. The fourth-order valence-corrected chi connectivity index (χ4v) is 6.72. The highest BCUT2D eigenvalue weighted by atomic mass is 32.2. The molecule has 0 saturated heterocycles. The molecule has 234 valence electrons. The van der Waals surface area contributed by atoms with Gasteiger partial charge in [0.15, 0.2) is 0 Å². The summed E-state index contributed by atoms with van der Waals surface area (Å²) in [5.74, 6) is 5.33. The molecular formula is C35H37N3O6S. The zero-order chi connectivity index (χ0) is 32.0. The molecule has 0 spiro atoms. The van der Waals surface area contributed by atoms with Crippen LogP contribution in [0.4, 0.5) is 10.5 Å². The third-order valence-corrected chi connectivity index (χ3v) is 9.36. The number of fused-ring (bicyclic) bond motifs is 1. The molecule has 45 heavy (non-hydrogen) atoms. The summed E-state index contributed by atoms with van der Waals surface area (Å²) in [5.41, 5.74) is 3.73. The van der Waals surface area contributed by atoms with Crippen LogP contribution in [-0.2, 0) is 14.8 Å². The number of sulfonamides is 1. The van der Waals surface area contributed by atoms with Crippen molar-refractivity contribution in [2.45, 2.75) is 69.3 Å². The Morgan fingerprint density at radius 1 is 1.04 bits per heavy atom. The number of benzene rings is 3. The third kappa shape index (κ3) is 7.32. The molecule has 0 radical (unpaired) electrons. The normalized spacial score (nSPS) is 13.9. The summed E-state index contributed by atoms with van der Waals surface area (Å²) in [7, 11) is -2.68. The number of aromatic nitrogens is 1. The van der Waals surface area contributed by atoms with Crippen molar-refractivity contribution >= 4 is 38.6 Å². The van der Waals surface area contributed by atoms with Crippen LogP contribution < -0.4 is 14.8 Å². The van der Waals surface area contributed by atoms with E-state index in [2.05, 4.69) is 26.9 Å². The molecule has 1 aliphatic carbocycles. The van der Waals surface area contributed by atoms with Gasteiger partial charge in [-0.05, 0) is 80.1 Å². The summed E-state index contributed by atoms with van der Waals surface area (Å²) in [6, 6.07) is 16.8. The summed E-state index contributed by atoms with van der Waals surface area (Å²) >= 11 is 0. The van der Waals surface area contributed by atoms with Gasteiger partial charge in [0.1, 0.15) is 16.7 Å². The summed E-state index contributed by atoms with van der Waals surface area (Å²) in [4.78, 5) is 28.8. The lowest BCUT2D eigenvalue weighted by atomic mass is 9.91. The van der Waals surface area contributed by atoms with Gasteiger partial charge in [-0.3, -0.25) is 10.1 Å². The predicted molar refractivity (Wildman–Crippen MR) is 174 cm³/mol. The van der Waals surface area contributed by atoms with Crippen LogP contribution >= 0.6 is 0 Å². The van der Waals surface area contributed by atoms with Crippen molar-refractivity contribution in [3.63, 3.8) is 0 Å². The molecule has 4 aromatic rings. The standard InChI is InChI=1S/C35H37N3O6S/c1-4-5-6-11-24-12-7-10-15-33(24)45(41,42)38-34(39)25-16-18-28(32(20-25)43-3)23(2)30-22-36-31-19-17-26(21-29(30)31)37-35(40)44-27-13-8-9-14-27/h7,10,12,15-23,27,36H,4-5,8-9,13-14H2,1-3H3,(H,37,40)(H,38,39). The number of rotatable bonds is 9. The second kappa shape index (κ2) is 13.9. The zero-order valence-electron chi connectivity index (χ0n) is 25.6. The maximum Gasteiger partial charge on any atom is 0.411 e. The van der Waals surface area contributed by atoms with Gasteiger partial charge >= 0.3 is 6.09 Å². The van der Waals surface area contributed by atoms with Crippen molar-refractivity contribution in [2.24, 2.45) is 0 Å². The number of hydrogen-bond acceptors (Lipinski definition) is 6. The first kappa shape index (κ1) is 31.7. The van der Waals surface area contributed by atoms with Gasteiger partial charge in [0, 0.05) is 51.8 Å². The fraction of sp³-hybridized carbons (Fsp3) is 0.314. The first-order valence-electron chi connectivity index (χ1n) is 15.1. The van der Waals surface area contributed by atoms with Crippen LogP contribution in [0.1, 0.15) is 85.3 Å². The van der Waals surface area contributed by atoms with E-state index < -0.39 is 22.0 Å². The number of methoxy groups -OCH3 is 1. The number of anilines is 1. The molecule has 1 unspecified atom stereocenters. The van der Waals surface area contributed by atoms with Gasteiger partial charge in [-0.25, -0.2) is 17.9 Å². The minimum absolute atomic E-state index is 0.0325. The van der Waals surface area contributed by atoms with Gasteiger partial charge < -0.3 is 14.5 Å². The van der Waals surface area contributed by atoms with E-state index in [9.17, 15) is 18.0 Å². The number of carbonyl (C=O) groups is 2. The van der Waals surface area contributed by atoms with Crippen LogP contribution in [0, 0.1) is 11.8 Å². The van der Waals surface area contributed by atoms with Gasteiger partial charge in [0.2, 0.25) is 0 Å². The van der Waals surface area contributed by atoms with Crippen LogP contribution in [0.15, 0.2) is 71.8 Å². The van der Waals surface area contributed by atoms with E-state index in [4.69, 9.17) is 9.47 Å². The molecule has 3 aromatic carbocycles. The summed E-state index contributed by atoms with van der Waals surface area (Å²) in [6.07, 6.45) is 6.84. The Labute approximate surface area is 263 Å². The Hall–Kier alpha value is -4.75. The maximum atomic E-state index is 13.2. The minimum Gasteiger partial charge on any atom is -0.496 e. The number of unbranched alkanes of at least 4 members (excludes halogenated alkanes) is 1. The molecule has 3 N–H and O–H groups in total. The van der Waals surface area contributed by atoms with Crippen molar-refractivity contribution in [3.05, 3.63) is 89.1 Å². The molecule has 0 aliphatic heterocycles. The highest BCUT2D eigenvalue weighted by Crippen LogP contribution is 2.37. The van der Waals surface area contributed by atoms with Crippen molar-refractivity contribution in [1.82, 2.24) is 9.71 Å². The van der Waals surface area contributed by atoms with E-state index in [1.54, 1.807) is 30.3 Å². The lowest BCUT2D eigenvalue weighted by Gasteiger charge is -2.17. The monoisotopic (exact) mass is 627 g/mol. The smallest absolute Gasteiger partial charge is 0.411 e. The van der Waals surface area contributed by atoms with Crippen LogP contribution in [0.2, 0.25) is 0 Å². The van der Waals surface area contributed by atoms with Crippen LogP contribution in [0.3, 0.4) is 0 Å². The summed E-state index contributed by atoms with van der Waals surface area (Å²) in [5, 5.41) is 3.76. The van der Waals surface area contributed by atoms with Crippen molar-refractivity contribution in [3.8, 4) is 17.6 Å². The maximum absolute atomic E-state index is 13.2. The second-order valence-electron chi connectivity index (χ2n) is 11.1. The lowest BCUT2D eigenvalue weighted by molar-refractivity contribution is 0.0980. The number of carbonyl (C=O) groups excluding carboxylic acids is 2. The molecule has 1 heterocycles. The Kier molecular flexibility index (Phi) is 9.79. The third-order valence-electron chi connectivity index (χ3n) is 7.97. The van der Waals surface area contributed by atoms with E-state index in [1.165, 1.54) is 19.2 Å². The van der Waals surface area contributed by atoms with Crippen LogP contribution in [0.25, 0.3) is 10.9 Å². The van der Waals surface area contributed by atoms with Gasteiger partial charge in [-0.2, -0.15) is 0 Å². The molecule has 1 fully saturated rings. The Balaban J connectivity index is 1.35. The number of H-pyrrole nitrogens is 1. The number of hydrogen-bond donors (Lipinski definition) is 3. The predicted octanol–water partition coefficient (Wildman–Crippen LogP) is 7.09. The molecule has 5 rings (SSSR count). The van der Waals surface area contributed by atoms with Gasteiger partial charge in [-0.1, -0.05) is 43.9 Å². The van der Waals surface area contributed by atoms with Crippen molar-refractivity contribution in [1.29, 1.82) is 0 Å². The van der Waals surface area contributed by atoms with E-state index in [0.717, 1.165) is 54.1 Å². The second-order valence-corrected chi connectivity index (χ2v) is 12.8. The minimum atomic E-state index is -4.19. The van der Waals surface area contributed by atoms with E-state index in [1.807, 2.05) is 38.2 Å². The molecule has 1 aliphatic rings. The van der Waals surface area contributed by atoms with Crippen LogP contribution in [0.5, 0.6) is 5.75 Å². The molecule has 9 nitrogen and oxygen atoms in total. The highest BCUT2D eigenvalue weighted by Gasteiger charge is 2.24. The molecule has 10 heteroatoms. The fourth-order valence-electron chi connectivity index (χ4n) is 5.58. The Morgan fingerprint density at radius 2 is 1.82 bits per heavy atom. The SMILES string of the molecule is CCCC#Cc1ccccc1S(=O)(=O)NC(=O)c1ccc(C(C)c2c[nH]c3ccc(NC(=O)OC4CCCC4)cc23)c(OC)c1. The largest absolute Gasteiger partial charge is 0.496 e. The van der Waals surface area contributed by atoms with Crippen molar-refractivity contribution < 1.29 is 27.5 Å². The number of amides is 2. The van der Waals surface area contributed by atoms with Crippen molar-refractivity contribution in [2.75, 3.05) is 12.4 Å². The van der Waals surface area contributed by atoms with Crippen LogP contribution in [-0.4, -0.2) is 38.6 Å². The average Bonchev–Trinajstić information content (AvgIpc) is 3.70. The summed E-state index contributed by atoms with van der Waals surface area (Å²) < 4.78 is 39.8. The zero-order valence-corrected chi connectivity index (χ0v) is 26.4. The van der Waals surface area contributed by atoms with E-state index >= 15 is 0 Å². The van der Waals surface area contributed by atoms with Gasteiger partial charge in [-0.15, -0.1) is 0 Å². The Bertz CT molecular complexity index is 1880. The van der Waals surface area contributed by atoms with Gasteiger partial charge in [0.05, 0.1) is 7.11 Å². The van der Waals surface area contributed by atoms with Gasteiger partial charge in [0.25, 0.3) is 15.9 Å². The van der Waals surface area contributed by atoms with E-state index in [-0.39, 0.29) is 22.5 Å². The Morgan fingerprint density at radius 3 is 2.58 bits per heavy atom. The first-order valence-corrected chi connectivity index (χ1v) is 16.6. The first-order chi connectivity index (χ1) is 21.7. The topological polar surface area (TPSA) is 127 Å². The number of aromatic amines is 1. The number of nitrogens with one attached hydrogen (secondary N) is 3. The van der Waals surface area contributed by atoms with E-state index in [0.29, 0.717) is 23.4 Å². The number of ether oxygens (including phenoxy) is 2. The molecule has 2 amide bonds. The quantitative estimate of drug-likeness (QED) is 0.170. The average molecular weight is 628 g/mol. The summed E-state index contributed by atoms with van der Waals surface area (Å²) in [6.45, 7) is 4.00. The molecule has 1 aromatic heterocycles.